The molecule has 0 bridgehead atoms. The van der Waals surface area contributed by atoms with Crippen molar-refractivity contribution in [2.75, 3.05) is 0 Å². The first-order valence-corrected chi connectivity index (χ1v) is 4.70. The van der Waals surface area contributed by atoms with E-state index in [4.69, 9.17) is 0 Å². The van der Waals surface area contributed by atoms with Crippen molar-refractivity contribution >= 4 is 0 Å². The Labute approximate surface area is 87.3 Å². The SMILES string of the molecule is CC(C)(C)Cc1cncc(C(F)(F)F)c1. The van der Waals surface area contributed by atoms with Crippen LogP contribution in [0.3, 0.4) is 0 Å². The van der Waals surface area contributed by atoms with Gasteiger partial charge in [-0.25, -0.2) is 0 Å². The van der Waals surface area contributed by atoms with Crippen LogP contribution in [0, 0.1) is 5.41 Å². The Hall–Kier alpha value is -1.06. The van der Waals surface area contributed by atoms with Crippen LogP contribution >= 0.6 is 0 Å². The molecule has 0 radical (unpaired) electrons. The summed E-state index contributed by atoms with van der Waals surface area (Å²) < 4.78 is 37.1. The van der Waals surface area contributed by atoms with Crippen LogP contribution in [0.25, 0.3) is 0 Å². The molecule has 0 unspecified atom stereocenters. The van der Waals surface area contributed by atoms with E-state index in [0.717, 1.165) is 12.3 Å². The third kappa shape index (κ3) is 3.90. The van der Waals surface area contributed by atoms with Gasteiger partial charge in [0.1, 0.15) is 0 Å². The molecule has 0 aliphatic rings. The predicted octanol–water partition coefficient (Wildman–Crippen LogP) is 3.69. The molecule has 0 atom stereocenters. The van der Waals surface area contributed by atoms with E-state index in [2.05, 4.69) is 4.98 Å². The molecule has 0 amide bonds. The monoisotopic (exact) mass is 217 g/mol. The zero-order valence-corrected chi connectivity index (χ0v) is 9.02. The molecule has 4 heteroatoms. The summed E-state index contributed by atoms with van der Waals surface area (Å²) in [6.07, 6.45) is -1.38. The highest BCUT2D eigenvalue weighted by atomic mass is 19.4. The summed E-state index contributed by atoms with van der Waals surface area (Å²) in [4.78, 5) is 3.62. The smallest absolute Gasteiger partial charge is 0.264 e. The van der Waals surface area contributed by atoms with E-state index in [-0.39, 0.29) is 5.41 Å². The Morgan fingerprint density at radius 1 is 1.13 bits per heavy atom. The van der Waals surface area contributed by atoms with Gasteiger partial charge in [-0.1, -0.05) is 20.8 Å². The number of alkyl halides is 3. The van der Waals surface area contributed by atoms with Crippen LogP contribution in [0.15, 0.2) is 18.5 Å². The Kier molecular flexibility index (Phi) is 3.07. The highest BCUT2D eigenvalue weighted by Crippen LogP contribution is 2.30. The largest absolute Gasteiger partial charge is 0.417 e. The van der Waals surface area contributed by atoms with Crippen LogP contribution in [0.4, 0.5) is 13.2 Å². The summed E-state index contributed by atoms with van der Waals surface area (Å²) in [6.45, 7) is 5.94. The van der Waals surface area contributed by atoms with Crippen LogP contribution in [-0.2, 0) is 12.6 Å². The fourth-order valence-corrected chi connectivity index (χ4v) is 1.35. The van der Waals surface area contributed by atoms with Crippen molar-refractivity contribution in [3.05, 3.63) is 29.6 Å². The van der Waals surface area contributed by atoms with Gasteiger partial charge in [-0.15, -0.1) is 0 Å². The van der Waals surface area contributed by atoms with Gasteiger partial charge in [0.2, 0.25) is 0 Å². The van der Waals surface area contributed by atoms with Gasteiger partial charge >= 0.3 is 6.18 Å². The number of nitrogens with zero attached hydrogens (tertiary/aromatic N) is 1. The molecule has 84 valence electrons. The predicted molar refractivity (Wildman–Crippen MR) is 52.4 cm³/mol. The van der Waals surface area contributed by atoms with Crippen LogP contribution in [0.5, 0.6) is 0 Å². The number of pyridine rings is 1. The highest BCUT2D eigenvalue weighted by molar-refractivity contribution is 5.21. The van der Waals surface area contributed by atoms with Crippen molar-refractivity contribution in [2.45, 2.75) is 33.4 Å². The molecule has 0 fully saturated rings. The maximum absolute atomic E-state index is 12.4. The summed E-state index contributed by atoms with van der Waals surface area (Å²) in [5, 5.41) is 0. The lowest BCUT2D eigenvalue weighted by molar-refractivity contribution is -0.137. The summed E-state index contributed by atoms with van der Waals surface area (Å²) >= 11 is 0. The second-order valence-electron chi connectivity index (χ2n) is 4.82. The first-order chi connectivity index (χ1) is 6.68. The molecule has 1 heterocycles. The fourth-order valence-electron chi connectivity index (χ4n) is 1.35. The molecular formula is C11H14F3N. The van der Waals surface area contributed by atoms with Crippen molar-refractivity contribution < 1.29 is 13.2 Å². The van der Waals surface area contributed by atoms with Gasteiger partial charge < -0.3 is 0 Å². The van der Waals surface area contributed by atoms with Crippen LogP contribution in [0.1, 0.15) is 31.9 Å². The average molecular weight is 217 g/mol. The van der Waals surface area contributed by atoms with E-state index in [0.29, 0.717) is 12.0 Å². The minimum Gasteiger partial charge on any atom is -0.264 e. The lowest BCUT2D eigenvalue weighted by Gasteiger charge is -2.18. The number of aromatic nitrogens is 1. The quantitative estimate of drug-likeness (QED) is 0.699. The molecule has 1 aromatic heterocycles. The van der Waals surface area contributed by atoms with Crippen molar-refractivity contribution in [1.29, 1.82) is 0 Å². The normalized spacial score (nSPS) is 12.9. The summed E-state index contributed by atoms with van der Waals surface area (Å²) in [5.74, 6) is 0. The molecule has 1 nitrogen and oxygen atoms in total. The molecule has 0 saturated carbocycles. The molecule has 1 rings (SSSR count). The minimum atomic E-state index is -4.30. The summed E-state index contributed by atoms with van der Waals surface area (Å²) in [7, 11) is 0. The third-order valence-corrected chi connectivity index (χ3v) is 1.86. The lowest BCUT2D eigenvalue weighted by Crippen LogP contribution is -2.11. The second-order valence-corrected chi connectivity index (χ2v) is 4.82. The molecular weight excluding hydrogens is 203 g/mol. The zero-order chi connectivity index (χ0) is 11.7. The Bertz CT molecular complexity index is 336. The van der Waals surface area contributed by atoms with Crippen molar-refractivity contribution in [2.24, 2.45) is 5.41 Å². The van der Waals surface area contributed by atoms with Crippen LogP contribution < -0.4 is 0 Å². The molecule has 0 spiro atoms. The van der Waals surface area contributed by atoms with E-state index < -0.39 is 11.7 Å². The maximum atomic E-state index is 12.4. The Morgan fingerprint density at radius 2 is 1.73 bits per heavy atom. The minimum absolute atomic E-state index is 0.0358. The first kappa shape index (κ1) is 12.0. The van der Waals surface area contributed by atoms with E-state index in [1.807, 2.05) is 20.8 Å². The van der Waals surface area contributed by atoms with Crippen LogP contribution in [0.2, 0.25) is 0 Å². The summed E-state index contributed by atoms with van der Waals surface area (Å²) in [6, 6.07) is 1.16. The van der Waals surface area contributed by atoms with Crippen molar-refractivity contribution in [3.8, 4) is 0 Å². The zero-order valence-electron chi connectivity index (χ0n) is 9.02. The Balaban J connectivity index is 2.94. The average Bonchev–Trinajstić information content (AvgIpc) is 1.99. The first-order valence-electron chi connectivity index (χ1n) is 4.70. The molecule has 0 saturated heterocycles. The van der Waals surface area contributed by atoms with Gasteiger partial charge in [-0.2, -0.15) is 13.2 Å². The number of hydrogen-bond donors (Lipinski definition) is 0. The molecule has 0 aromatic carbocycles. The number of hydrogen-bond acceptors (Lipinski definition) is 1. The lowest BCUT2D eigenvalue weighted by atomic mass is 9.88. The van der Waals surface area contributed by atoms with Crippen molar-refractivity contribution in [1.82, 2.24) is 4.98 Å². The molecule has 0 aliphatic carbocycles. The van der Waals surface area contributed by atoms with Crippen LogP contribution in [-0.4, -0.2) is 4.98 Å². The van der Waals surface area contributed by atoms with E-state index >= 15 is 0 Å². The van der Waals surface area contributed by atoms with Gasteiger partial charge in [0.15, 0.2) is 0 Å². The standard InChI is InChI=1S/C11H14F3N/c1-10(2,3)5-8-4-9(7-15-6-8)11(12,13)14/h4,6-7H,5H2,1-3H3. The molecule has 0 N–H and O–H groups in total. The number of rotatable bonds is 1. The topological polar surface area (TPSA) is 12.9 Å². The maximum Gasteiger partial charge on any atom is 0.417 e. The molecule has 15 heavy (non-hydrogen) atoms. The Morgan fingerprint density at radius 3 is 2.20 bits per heavy atom. The third-order valence-electron chi connectivity index (χ3n) is 1.86. The molecule has 1 aromatic rings. The molecule has 0 aliphatic heterocycles. The second kappa shape index (κ2) is 3.83. The van der Waals surface area contributed by atoms with E-state index in [1.165, 1.54) is 6.20 Å². The van der Waals surface area contributed by atoms with Gasteiger partial charge in [0, 0.05) is 12.4 Å². The fraction of sp³-hybridized carbons (Fsp3) is 0.545. The summed E-state index contributed by atoms with van der Waals surface area (Å²) in [5.41, 5.74) is -0.0899. The van der Waals surface area contributed by atoms with Crippen molar-refractivity contribution in [3.63, 3.8) is 0 Å². The highest BCUT2D eigenvalue weighted by Gasteiger charge is 2.31. The van der Waals surface area contributed by atoms with Gasteiger partial charge in [-0.05, 0) is 23.5 Å². The van der Waals surface area contributed by atoms with Gasteiger partial charge in [0.05, 0.1) is 5.56 Å². The number of halogens is 3. The van der Waals surface area contributed by atoms with E-state index in [1.54, 1.807) is 0 Å². The van der Waals surface area contributed by atoms with Gasteiger partial charge in [-0.3, -0.25) is 4.98 Å². The van der Waals surface area contributed by atoms with Gasteiger partial charge in [0.25, 0.3) is 0 Å². The van der Waals surface area contributed by atoms with E-state index in [9.17, 15) is 13.2 Å².